The summed E-state index contributed by atoms with van der Waals surface area (Å²) < 4.78 is 20.9. The van der Waals surface area contributed by atoms with Gasteiger partial charge in [0.25, 0.3) is 11.8 Å². The molecule has 0 fully saturated rings. The van der Waals surface area contributed by atoms with Gasteiger partial charge >= 0.3 is 0 Å². The topological polar surface area (TPSA) is 103 Å². The fourth-order valence-electron chi connectivity index (χ4n) is 2.60. The van der Waals surface area contributed by atoms with Crippen LogP contribution < -0.4 is 20.1 Å². The van der Waals surface area contributed by atoms with Crippen molar-refractivity contribution in [2.24, 2.45) is 0 Å². The molecule has 0 bridgehead atoms. The van der Waals surface area contributed by atoms with Crippen LogP contribution in [0.4, 0.5) is 0 Å². The molecule has 2 amide bonds. The van der Waals surface area contributed by atoms with Gasteiger partial charge in [0.05, 0.1) is 19.1 Å². The molecular weight excluding hydrogens is 364 g/mol. The minimum Gasteiger partial charge on any atom is -0.467 e. The van der Waals surface area contributed by atoms with E-state index in [1.54, 1.807) is 42.5 Å². The Bertz CT molecular complexity index is 1010. The Balaban J connectivity index is 1.56. The Morgan fingerprint density at radius 1 is 1.00 bits per heavy atom. The van der Waals surface area contributed by atoms with Crippen LogP contribution in [0.1, 0.15) is 21.9 Å². The molecule has 0 saturated carbocycles. The SMILES string of the molecule is O=C(NCc1ccco1)C(=Cc1ccc2c(c1)OCO2)NC(=O)c1ccco1. The molecule has 0 saturated heterocycles. The summed E-state index contributed by atoms with van der Waals surface area (Å²) >= 11 is 0. The first kappa shape index (κ1) is 17.5. The first-order chi connectivity index (χ1) is 13.7. The van der Waals surface area contributed by atoms with Gasteiger partial charge in [0.2, 0.25) is 6.79 Å². The number of carbonyl (C=O) groups excluding carboxylic acids is 2. The van der Waals surface area contributed by atoms with Gasteiger partial charge in [-0.1, -0.05) is 6.07 Å². The van der Waals surface area contributed by atoms with Gasteiger partial charge in [0.15, 0.2) is 17.3 Å². The van der Waals surface area contributed by atoms with E-state index in [1.165, 1.54) is 18.6 Å². The molecule has 2 N–H and O–H groups in total. The van der Waals surface area contributed by atoms with E-state index in [0.717, 1.165) is 0 Å². The highest BCUT2D eigenvalue weighted by atomic mass is 16.7. The van der Waals surface area contributed by atoms with E-state index < -0.39 is 11.8 Å². The molecular formula is C20H16N2O6. The molecule has 1 aliphatic heterocycles. The minimum absolute atomic E-state index is 0.0480. The maximum absolute atomic E-state index is 12.7. The average Bonchev–Trinajstić information content (AvgIpc) is 3.47. The smallest absolute Gasteiger partial charge is 0.291 e. The van der Waals surface area contributed by atoms with Gasteiger partial charge in [-0.15, -0.1) is 0 Å². The van der Waals surface area contributed by atoms with E-state index in [4.69, 9.17) is 18.3 Å². The second-order valence-electron chi connectivity index (χ2n) is 5.86. The maximum atomic E-state index is 12.7. The van der Waals surface area contributed by atoms with Crippen LogP contribution in [0.5, 0.6) is 11.5 Å². The maximum Gasteiger partial charge on any atom is 0.291 e. The zero-order valence-electron chi connectivity index (χ0n) is 14.6. The van der Waals surface area contributed by atoms with E-state index in [1.807, 2.05) is 0 Å². The lowest BCUT2D eigenvalue weighted by Gasteiger charge is -2.10. The number of furan rings is 2. The monoisotopic (exact) mass is 380 g/mol. The Kier molecular flexibility index (Phi) is 4.83. The van der Waals surface area contributed by atoms with Gasteiger partial charge in [-0.25, -0.2) is 0 Å². The third-order valence-electron chi connectivity index (χ3n) is 3.95. The van der Waals surface area contributed by atoms with Gasteiger partial charge in [-0.05, 0) is 48.0 Å². The zero-order valence-corrected chi connectivity index (χ0v) is 14.6. The number of fused-ring (bicyclic) bond motifs is 1. The van der Waals surface area contributed by atoms with E-state index in [0.29, 0.717) is 22.8 Å². The number of hydrogen-bond donors (Lipinski definition) is 2. The summed E-state index contributed by atoms with van der Waals surface area (Å²) in [6, 6.07) is 11.8. The van der Waals surface area contributed by atoms with Crippen LogP contribution in [0.3, 0.4) is 0 Å². The number of amides is 2. The first-order valence-electron chi connectivity index (χ1n) is 8.46. The average molecular weight is 380 g/mol. The summed E-state index contributed by atoms with van der Waals surface area (Å²) in [5.74, 6) is 0.865. The van der Waals surface area contributed by atoms with Crippen LogP contribution in [0.25, 0.3) is 6.08 Å². The van der Waals surface area contributed by atoms with Crippen molar-refractivity contribution in [1.82, 2.24) is 10.6 Å². The van der Waals surface area contributed by atoms with Crippen LogP contribution in [0, 0.1) is 0 Å². The Morgan fingerprint density at radius 3 is 2.61 bits per heavy atom. The van der Waals surface area contributed by atoms with Gasteiger partial charge in [-0.3, -0.25) is 9.59 Å². The molecule has 28 heavy (non-hydrogen) atoms. The summed E-state index contributed by atoms with van der Waals surface area (Å²) in [5.41, 5.74) is 0.707. The highest BCUT2D eigenvalue weighted by Crippen LogP contribution is 2.33. The molecule has 3 heterocycles. The fraction of sp³-hybridized carbons (Fsp3) is 0.100. The van der Waals surface area contributed by atoms with Crippen molar-refractivity contribution < 1.29 is 27.9 Å². The summed E-state index contributed by atoms with van der Waals surface area (Å²) in [6.45, 7) is 0.329. The van der Waals surface area contributed by atoms with Crippen LogP contribution in [-0.4, -0.2) is 18.6 Å². The summed E-state index contributed by atoms with van der Waals surface area (Å²) in [4.78, 5) is 25.0. The molecule has 3 aromatic rings. The number of carbonyl (C=O) groups is 2. The van der Waals surface area contributed by atoms with Gasteiger partial charge in [0, 0.05) is 0 Å². The van der Waals surface area contributed by atoms with Gasteiger partial charge in [-0.2, -0.15) is 0 Å². The molecule has 0 spiro atoms. The number of hydrogen-bond acceptors (Lipinski definition) is 6. The molecule has 8 nitrogen and oxygen atoms in total. The minimum atomic E-state index is -0.537. The largest absolute Gasteiger partial charge is 0.467 e. The summed E-state index contributed by atoms with van der Waals surface area (Å²) in [5, 5.41) is 5.29. The van der Waals surface area contributed by atoms with Crippen molar-refractivity contribution >= 4 is 17.9 Å². The molecule has 0 atom stereocenters. The van der Waals surface area contributed by atoms with Crippen molar-refractivity contribution in [1.29, 1.82) is 0 Å². The van der Waals surface area contributed by atoms with Crippen molar-refractivity contribution in [3.63, 3.8) is 0 Å². The number of benzene rings is 1. The molecule has 1 aliphatic rings. The second kappa shape index (κ2) is 7.75. The first-order valence-corrected chi connectivity index (χ1v) is 8.46. The van der Waals surface area contributed by atoms with Crippen LogP contribution >= 0.6 is 0 Å². The number of rotatable bonds is 6. The Hall–Kier alpha value is -3.94. The normalized spacial score (nSPS) is 12.6. The second-order valence-corrected chi connectivity index (χ2v) is 5.86. The van der Waals surface area contributed by atoms with Crippen LogP contribution in [0.15, 0.2) is 69.5 Å². The van der Waals surface area contributed by atoms with E-state index in [-0.39, 0.29) is 24.8 Å². The van der Waals surface area contributed by atoms with Crippen LogP contribution in [-0.2, 0) is 11.3 Å². The highest BCUT2D eigenvalue weighted by Gasteiger charge is 2.18. The lowest BCUT2D eigenvalue weighted by Crippen LogP contribution is -2.34. The molecule has 142 valence electrons. The third kappa shape index (κ3) is 3.90. The Morgan fingerprint density at radius 2 is 1.82 bits per heavy atom. The van der Waals surface area contributed by atoms with Gasteiger partial charge < -0.3 is 28.9 Å². The summed E-state index contributed by atoms with van der Waals surface area (Å²) in [6.07, 6.45) is 4.44. The molecule has 0 aliphatic carbocycles. The van der Waals surface area contributed by atoms with Crippen LogP contribution in [0.2, 0.25) is 0 Å². The lowest BCUT2D eigenvalue weighted by atomic mass is 10.1. The van der Waals surface area contributed by atoms with E-state index in [2.05, 4.69) is 10.6 Å². The molecule has 1 aromatic carbocycles. The molecule has 0 unspecified atom stereocenters. The predicted molar refractivity (Wildman–Crippen MR) is 97.3 cm³/mol. The predicted octanol–water partition coefficient (Wildman–Crippen LogP) is 2.69. The standard InChI is InChI=1S/C20H16N2O6/c23-19(21-11-14-3-1-7-25-14)15(22-20(24)17-4-2-8-26-17)9-13-5-6-16-18(10-13)28-12-27-16/h1-10H,11-12H2,(H,21,23)(H,22,24). The lowest BCUT2D eigenvalue weighted by molar-refractivity contribution is -0.118. The number of ether oxygens (including phenoxy) is 2. The third-order valence-corrected chi connectivity index (χ3v) is 3.95. The van der Waals surface area contributed by atoms with Crippen molar-refractivity contribution in [2.75, 3.05) is 6.79 Å². The van der Waals surface area contributed by atoms with Crippen molar-refractivity contribution in [3.8, 4) is 11.5 Å². The molecule has 0 radical (unpaired) electrons. The highest BCUT2D eigenvalue weighted by molar-refractivity contribution is 6.04. The van der Waals surface area contributed by atoms with E-state index >= 15 is 0 Å². The number of nitrogens with one attached hydrogen (secondary N) is 2. The fourth-order valence-corrected chi connectivity index (χ4v) is 2.60. The molecule has 4 rings (SSSR count). The van der Waals surface area contributed by atoms with E-state index in [9.17, 15) is 9.59 Å². The molecule has 8 heteroatoms. The molecule has 2 aromatic heterocycles. The quantitative estimate of drug-likeness (QED) is 0.638. The summed E-state index contributed by atoms with van der Waals surface area (Å²) in [7, 11) is 0. The zero-order chi connectivity index (χ0) is 19.3. The Labute approximate surface area is 159 Å². The van der Waals surface area contributed by atoms with Crippen molar-refractivity contribution in [2.45, 2.75) is 6.54 Å². The van der Waals surface area contributed by atoms with Crippen molar-refractivity contribution in [3.05, 3.63) is 77.8 Å². The van der Waals surface area contributed by atoms with Gasteiger partial charge in [0.1, 0.15) is 11.5 Å².